The van der Waals surface area contributed by atoms with Crippen molar-refractivity contribution in [3.63, 3.8) is 0 Å². The fourth-order valence-electron chi connectivity index (χ4n) is 1.06. The SMILES string of the molecule is C[C@@H](NC(=O)OC(C)(C)C)c1cc(N)no1. The summed E-state index contributed by atoms with van der Waals surface area (Å²) < 4.78 is 10.0. The van der Waals surface area contributed by atoms with E-state index in [4.69, 9.17) is 15.0 Å². The van der Waals surface area contributed by atoms with Crippen LogP contribution in [0.1, 0.15) is 39.5 Å². The summed E-state index contributed by atoms with van der Waals surface area (Å²) in [5, 5.41) is 6.15. The number of hydrogen-bond donors (Lipinski definition) is 2. The van der Waals surface area contributed by atoms with Crippen LogP contribution in [0.5, 0.6) is 0 Å². The number of rotatable bonds is 2. The van der Waals surface area contributed by atoms with Gasteiger partial charge in [-0.15, -0.1) is 0 Å². The zero-order valence-electron chi connectivity index (χ0n) is 9.90. The molecule has 0 aromatic carbocycles. The van der Waals surface area contributed by atoms with E-state index in [9.17, 15) is 4.79 Å². The van der Waals surface area contributed by atoms with E-state index in [1.165, 1.54) is 0 Å². The second kappa shape index (κ2) is 4.42. The van der Waals surface area contributed by atoms with Crippen LogP contribution in [0.4, 0.5) is 10.6 Å². The number of nitrogens with one attached hydrogen (secondary N) is 1. The molecule has 0 radical (unpaired) electrons. The van der Waals surface area contributed by atoms with E-state index in [1.54, 1.807) is 33.8 Å². The predicted molar refractivity (Wildman–Crippen MR) is 58.7 cm³/mol. The van der Waals surface area contributed by atoms with Crippen molar-refractivity contribution in [2.75, 3.05) is 5.73 Å². The molecule has 0 aliphatic rings. The third-order valence-corrected chi connectivity index (χ3v) is 1.71. The third kappa shape index (κ3) is 3.80. The summed E-state index contributed by atoms with van der Waals surface area (Å²) in [6.45, 7) is 7.14. The molecule has 1 heterocycles. The second-order valence-corrected chi connectivity index (χ2v) is 4.52. The number of carbonyl (C=O) groups is 1. The van der Waals surface area contributed by atoms with Gasteiger partial charge in [0.1, 0.15) is 5.60 Å². The quantitative estimate of drug-likeness (QED) is 0.804. The zero-order valence-corrected chi connectivity index (χ0v) is 9.90. The number of alkyl carbamates (subject to hydrolysis) is 1. The average molecular weight is 227 g/mol. The minimum Gasteiger partial charge on any atom is -0.444 e. The Labute approximate surface area is 94.1 Å². The number of nitrogens with two attached hydrogens (primary N) is 1. The van der Waals surface area contributed by atoms with Gasteiger partial charge in [-0.25, -0.2) is 4.79 Å². The standard InChI is InChI=1S/C10H17N3O3/c1-6(7-5-8(11)13-16-7)12-9(14)15-10(2,3)4/h5-6H,1-4H3,(H2,11,13)(H,12,14)/t6-/m1/s1. The number of carbonyl (C=O) groups excluding carboxylic acids is 1. The van der Waals surface area contributed by atoms with Crippen molar-refractivity contribution >= 4 is 11.9 Å². The maximum absolute atomic E-state index is 11.4. The largest absolute Gasteiger partial charge is 0.444 e. The highest BCUT2D eigenvalue weighted by Gasteiger charge is 2.19. The average Bonchev–Trinajstić information content (AvgIpc) is 2.47. The van der Waals surface area contributed by atoms with Gasteiger partial charge < -0.3 is 20.3 Å². The first kappa shape index (κ1) is 12.4. The number of aromatic nitrogens is 1. The van der Waals surface area contributed by atoms with Crippen molar-refractivity contribution in [2.45, 2.75) is 39.3 Å². The molecule has 90 valence electrons. The molecule has 1 atom stereocenters. The van der Waals surface area contributed by atoms with Crippen LogP contribution in [0.15, 0.2) is 10.6 Å². The Morgan fingerprint density at radius 1 is 1.62 bits per heavy atom. The van der Waals surface area contributed by atoms with E-state index in [1.807, 2.05) is 0 Å². The lowest BCUT2D eigenvalue weighted by Crippen LogP contribution is -2.33. The van der Waals surface area contributed by atoms with Gasteiger partial charge in [0.15, 0.2) is 11.6 Å². The van der Waals surface area contributed by atoms with Gasteiger partial charge in [-0.2, -0.15) is 0 Å². The third-order valence-electron chi connectivity index (χ3n) is 1.71. The van der Waals surface area contributed by atoms with Crippen molar-refractivity contribution in [3.05, 3.63) is 11.8 Å². The number of amides is 1. The van der Waals surface area contributed by atoms with Crippen LogP contribution in [0.2, 0.25) is 0 Å². The molecule has 0 saturated carbocycles. The lowest BCUT2D eigenvalue weighted by atomic mass is 10.2. The van der Waals surface area contributed by atoms with Gasteiger partial charge in [-0.1, -0.05) is 5.16 Å². The fraction of sp³-hybridized carbons (Fsp3) is 0.600. The summed E-state index contributed by atoms with van der Waals surface area (Å²) in [7, 11) is 0. The molecule has 0 spiro atoms. The smallest absolute Gasteiger partial charge is 0.408 e. The molecule has 1 aromatic heterocycles. The molecular weight excluding hydrogens is 210 g/mol. The number of nitrogen functional groups attached to an aromatic ring is 1. The van der Waals surface area contributed by atoms with E-state index in [2.05, 4.69) is 10.5 Å². The topological polar surface area (TPSA) is 90.4 Å². The number of ether oxygens (including phenoxy) is 1. The maximum Gasteiger partial charge on any atom is 0.408 e. The minimum absolute atomic E-state index is 0.285. The first-order valence-electron chi connectivity index (χ1n) is 4.99. The van der Waals surface area contributed by atoms with E-state index in [0.717, 1.165) is 0 Å². The molecule has 3 N–H and O–H groups in total. The van der Waals surface area contributed by atoms with Crippen molar-refractivity contribution < 1.29 is 14.1 Å². The van der Waals surface area contributed by atoms with E-state index in [-0.39, 0.29) is 11.9 Å². The Hall–Kier alpha value is -1.72. The minimum atomic E-state index is -0.524. The van der Waals surface area contributed by atoms with E-state index >= 15 is 0 Å². The normalized spacial score (nSPS) is 13.2. The summed E-state index contributed by atoms with van der Waals surface area (Å²) in [6.07, 6.45) is -0.505. The molecule has 16 heavy (non-hydrogen) atoms. The van der Waals surface area contributed by atoms with E-state index in [0.29, 0.717) is 5.76 Å². The van der Waals surface area contributed by atoms with Gasteiger partial charge in [0.05, 0.1) is 6.04 Å². The molecule has 0 aliphatic heterocycles. The molecule has 1 amide bonds. The summed E-state index contributed by atoms with van der Waals surface area (Å²) in [5.41, 5.74) is 4.88. The van der Waals surface area contributed by atoms with Crippen LogP contribution in [-0.2, 0) is 4.74 Å². The van der Waals surface area contributed by atoms with Crippen LogP contribution in [0.25, 0.3) is 0 Å². The predicted octanol–water partition coefficient (Wildman–Crippen LogP) is 1.84. The Morgan fingerprint density at radius 2 is 2.25 bits per heavy atom. The van der Waals surface area contributed by atoms with Gasteiger partial charge in [-0.3, -0.25) is 0 Å². The molecule has 0 saturated heterocycles. The van der Waals surface area contributed by atoms with Gasteiger partial charge >= 0.3 is 6.09 Å². The molecule has 0 aliphatic carbocycles. The van der Waals surface area contributed by atoms with Crippen LogP contribution >= 0.6 is 0 Å². The molecule has 0 unspecified atom stereocenters. The summed E-state index contributed by atoms with van der Waals surface area (Å²) in [5.74, 6) is 0.774. The van der Waals surface area contributed by atoms with Gasteiger partial charge in [0.25, 0.3) is 0 Å². The van der Waals surface area contributed by atoms with Crippen LogP contribution in [-0.4, -0.2) is 16.9 Å². The number of hydrogen-bond acceptors (Lipinski definition) is 5. The Bertz CT molecular complexity index is 368. The molecule has 0 bridgehead atoms. The first-order valence-corrected chi connectivity index (χ1v) is 4.99. The molecular formula is C10H17N3O3. The van der Waals surface area contributed by atoms with Crippen LogP contribution in [0, 0.1) is 0 Å². The first-order chi connectivity index (χ1) is 7.28. The molecule has 6 heteroatoms. The van der Waals surface area contributed by atoms with E-state index < -0.39 is 11.7 Å². The monoisotopic (exact) mass is 227 g/mol. The fourth-order valence-corrected chi connectivity index (χ4v) is 1.06. The molecule has 1 rings (SSSR count). The molecule has 6 nitrogen and oxygen atoms in total. The Morgan fingerprint density at radius 3 is 2.69 bits per heavy atom. The highest BCUT2D eigenvalue weighted by atomic mass is 16.6. The number of anilines is 1. The lowest BCUT2D eigenvalue weighted by Gasteiger charge is -2.21. The van der Waals surface area contributed by atoms with Crippen molar-refractivity contribution in [2.24, 2.45) is 0 Å². The van der Waals surface area contributed by atoms with Gasteiger partial charge in [-0.05, 0) is 27.7 Å². The highest BCUT2D eigenvalue weighted by molar-refractivity contribution is 5.68. The summed E-state index contributed by atoms with van der Waals surface area (Å²) >= 11 is 0. The molecule has 1 aromatic rings. The van der Waals surface area contributed by atoms with Crippen molar-refractivity contribution in [3.8, 4) is 0 Å². The summed E-state index contributed by atoms with van der Waals surface area (Å²) in [4.78, 5) is 11.4. The van der Waals surface area contributed by atoms with Crippen molar-refractivity contribution in [1.29, 1.82) is 0 Å². The molecule has 0 fully saturated rings. The lowest BCUT2D eigenvalue weighted by molar-refractivity contribution is 0.0500. The van der Waals surface area contributed by atoms with Crippen molar-refractivity contribution in [1.82, 2.24) is 10.5 Å². The van der Waals surface area contributed by atoms with Gasteiger partial charge in [0, 0.05) is 6.07 Å². The maximum atomic E-state index is 11.4. The number of nitrogens with zero attached hydrogens (tertiary/aromatic N) is 1. The highest BCUT2D eigenvalue weighted by Crippen LogP contribution is 2.15. The zero-order chi connectivity index (χ0) is 12.3. The Kier molecular flexibility index (Phi) is 3.41. The van der Waals surface area contributed by atoms with Crippen LogP contribution < -0.4 is 11.1 Å². The second-order valence-electron chi connectivity index (χ2n) is 4.52. The Balaban J connectivity index is 2.52. The van der Waals surface area contributed by atoms with Gasteiger partial charge in [0.2, 0.25) is 0 Å². The van der Waals surface area contributed by atoms with Crippen LogP contribution in [0.3, 0.4) is 0 Å². The summed E-state index contributed by atoms with van der Waals surface area (Å²) in [6, 6.07) is 1.22.